The molecule has 3 heteroatoms. The summed E-state index contributed by atoms with van der Waals surface area (Å²) in [6.07, 6.45) is 11.2. The van der Waals surface area contributed by atoms with Crippen LogP contribution >= 0.6 is 0 Å². The Morgan fingerprint density at radius 3 is 2.13 bits per heavy atom. The van der Waals surface area contributed by atoms with Crippen LogP contribution < -0.4 is 0 Å². The Kier molecular flexibility index (Phi) is 4.45. The highest BCUT2D eigenvalue weighted by atomic mass is 16.6. The van der Waals surface area contributed by atoms with Crippen molar-refractivity contribution in [2.75, 3.05) is 0 Å². The Balaban J connectivity index is 1.49. The first-order chi connectivity index (χ1) is 13.9. The molecule has 0 aromatic carbocycles. The molecule has 0 amide bonds. The Bertz CT molecular complexity index is 744. The first-order valence-corrected chi connectivity index (χ1v) is 12.8. The second kappa shape index (κ2) is 6.27. The van der Waals surface area contributed by atoms with Crippen molar-refractivity contribution < 1.29 is 14.6 Å². The number of esters is 1. The number of carbonyl (C=O) groups is 1. The van der Waals surface area contributed by atoms with Gasteiger partial charge < -0.3 is 9.84 Å². The number of hydrogen-bond donors (Lipinski definition) is 1. The zero-order chi connectivity index (χ0) is 21.7. The van der Waals surface area contributed by atoms with Gasteiger partial charge in [0.1, 0.15) is 5.60 Å². The SMILES string of the molecule is CC1(C)C(O)CC[C@@]2(C)[C@@H]1CC[C@]1(C)[C@H]2CC[C@@H]2[C@H]([C@]3(C)CCC(=O)O3)CC[C@]21C. The average Bonchev–Trinajstić information content (AvgIpc) is 3.20. The van der Waals surface area contributed by atoms with Crippen LogP contribution in [-0.4, -0.2) is 22.8 Å². The first kappa shape index (κ1) is 21.3. The van der Waals surface area contributed by atoms with Gasteiger partial charge >= 0.3 is 5.97 Å². The number of carbonyl (C=O) groups excluding carboxylic acids is 1. The van der Waals surface area contributed by atoms with Crippen LogP contribution in [0.5, 0.6) is 0 Å². The van der Waals surface area contributed by atoms with Gasteiger partial charge in [-0.3, -0.25) is 4.79 Å². The highest BCUT2D eigenvalue weighted by Gasteiger charge is 2.69. The predicted molar refractivity (Wildman–Crippen MR) is 119 cm³/mol. The Morgan fingerprint density at radius 2 is 1.47 bits per heavy atom. The lowest BCUT2D eigenvalue weighted by Crippen LogP contribution is -2.64. The molecule has 1 N–H and O–H groups in total. The van der Waals surface area contributed by atoms with E-state index >= 15 is 0 Å². The van der Waals surface area contributed by atoms with Crippen LogP contribution in [0.25, 0.3) is 0 Å². The van der Waals surface area contributed by atoms with E-state index in [1.807, 2.05) is 0 Å². The smallest absolute Gasteiger partial charge is 0.306 e. The van der Waals surface area contributed by atoms with Crippen molar-refractivity contribution >= 4 is 5.97 Å². The molecule has 170 valence electrons. The molecule has 0 aromatic heterocycles. The average molecular weight is 417 g/mol. The molecule has 0 radical (unpaired) electrons. The van der Waals surface area contributed by atoms with E-state index in [0.717, 1.165) is 18.8 Å². The van der Waals surface area contributed by atoms with Gasteiger partial charge in [0.2, 0.25) is 0 Å². The molecule has 0 spiro atoms. The molecule has 5 aliphatic rings. The van der Waals surface area contributed by atoms with E-state index in [-0.39, 0.29) is 23.1 Å². The summed E-state index contributed by atoms with van der Waals surface area (Å²) in [5.41, 5.74) is 0.822. The molecule has 30 heavy (non-hydrogen) atoms. The van der Waals surface area contributed by atoms with Crippen molar-refractivity contribution in [1.29, 1.82) is 0 Å². The minimum atomic E-state index is -0.235. The topological polar surface area (TPSA) is 46.5 Å². The minimum Gasteiger partial charge on any atom is -0.459 e. The molecule has 5 rings (SSSR count). The predicted octanol–water partition coefficient (Wildman–Crippen LogP) is 6.13. The molecular weight excluding hydrogens is 372 g/mol. The van der Waals surface area contributed by atoms with E-state index in [2.05, 4.69) is 41.5 Å². The summed E-state index contributed by atoms with van der Waals surface area (Å²) in [7, 11) is 0. The van der Waals surface area contributed by atoms with Crippen molar-refractivity contribution in [1.82, 2.24) is 0 Å². The normalized spacial score (nSPS) is 57.3. The van der Waals surface area contributed by atoms with Gasteiger partial charge in [0.15, 0.2) is 0 Å². The van der Waals surface area contributed by atoms with Crippen LogP contribution in [0, 0.1) is 45.3 Å². The zero-order valence-electron chi connectivity index (χ0n) is 20.2. The molecule has 9 atom stereocenters. The van der Waals surface area contributed by atoms with E-state index in [9.17, 15) is 9.90 Å². The molecule has 1 aliphatic heterocycles. The van der Waals surface area contributed by atoms with Crippen LogP contribution in [0.3, 0.4) is 0 Å². The Hall–Kier alpha value is -0.570. The molecule has 4 aliphatic carbocycles. The summed E-state index contributed by atoms with van der Waals surface area (Å²) in [6.45, 7) is 14.7. The standard InChI is InChI=1S/C27H44O3/c1-23(2)19-10-15-26(5)20(24(19,3)13-11-21(23)28)8-7-17-18(9-14-25(17,26)4)27(6)16-12-22(29)30-27/h17-21,28H,7-16H2,1-6H3/t17-,18-,19-,20+,21?,24+,25-,26-,27+/m1/s1. The summed E-state index contributed by atoms with van der Waals surface area (Å²) in [5.74, 6) is 2.59. The molecular formula is C27H44O3. The monoisotopic (exact) mass is 416 g/mol. The quantitative estimate of drug-likeness (QED) is 0.523. The number of cyclic esters (lactones) is 1. The van der Waals surface area contributed by atoms with Crippen molar-refractivity contribution in [2.45, 2.75) is 117 Å². The molecule has 3 nitrogen and oxygen atoms in total. The van der Waals surface area contributed by atoms with Gasteiger partial charge in [-0.25, -0.2) is 0 Å². The summed E-state index contributed by atoms with van der Waals surface area (Å²) >= 11 is 0. The lowest BCUT2D eigenvalue weighted by atomic mass is 9.35. The highest BCUT2D eigenvalue weighted by molar-refractivity contribution is 5.72. The van der Waals surface area contributed by atoms with Crippen LogP contribution in [0.4, 0.5) is 0 Å². The number of rotatable bonds is 1. The molecule has 1 unspecified atom stereocenters. The number of ether oxygens (including phenoxy) is 1. The third-order valence-electron chi connectivity index (χ3n) is 12.3. The lowest BCUT2D eigenvalue weighted by Gasteiger charge is -2.70. The first-order valence-electron chi connectivity index (χ1n) is 12.8. The highest BCUT2D eigenvalue weighted by Crippen LogP contribution is 2.76. The van der Waals surface area contributed by atoms with E-state index in [1.165, 1.54) is 44.9 Å². The fraction of sp³-hybridized carbons (Fsp3) is 0.963. The van der Waals surface area contributed by atoms with Gasteiger partial charge in [-0.1, -0.05) is 34.6 Å². The Morgan fingerprint density at radius 1 is 0.767 bits per heavy atom. The summed E-state index contributed by atoms with van der Waals surface area (Å²) < 4.78 is 5.97. The van der Waals surface area contributed by atoms with Crippen molar-refractivity contribution in [3.8, 4) is 0 Å². The maximum atomic E-state index is 12.0. The van der Waals surface area contributed by atoms with E-state index in [4.69, 9.17) is 4.74 Å². The maximum Gasteiger partial charge on any atom is 0.306 e. The Labute approximate surface area is 183 Å². The summed E-state index contributed by atoms with van der Waals surface area (Å²) in [5, 5.41) is 10.8. The molecule has 5 fully saturated rings. The van der Waals surface area contributed by atoms with Gasteiger partial charge in [0.05, 0.1) is 6.10 Å². The number of aliphatic hydroxyl groups excluding tert-OH is 1. The van der Waals surface area contributed by atoms with E-state index < -0.39 is 0 Å². The zero-order valence-corrected chi connectivity index (χ0v) is 20.2. The largest absolute Gasteiger partial charge is 0.459 e. The van der Waals surface area contributed by atoms with Gasteiger partial charge in [0.25, 0.3) is 0 Å². The molecule has 0 bridgehead atoms. The van der Waals surface area contributed by atoms with Crippen LogP contribution in [-0.2, 0) is 9.53 Å². The fourth-order valence-corrected chi connectivity index (χ4v) is 10.4. The maximum absolute atomic E-state index is 12.0. The van der Waals surface area contributed by atoms with Gasteiger partial charge in [-0.2, -0.15) is 0 Å². The van der Waals surface area contributed by atoms with Crippen LogP contribution in [0.1, 0.15) is 106 Å². The minimum absolute atomic E-state index is 0.0158. The van der Waals surface area contributed by atoms with Crippen LogP contribution in [0.15, 0.2) is 0 Å². The summed E-state index contributed by atoms with van der Waals surface area (Å²) in [4.78, 5) is 12.0. The van der Waals surface area contributed by atoms with Crippen molar-refractivity contribution in [2.24, 2.45) is 45.3 Å². The van der Waals surface area contributed by atoms with Gasteiger partial charge in [0, 0.05) is 12.3 Å². The third kappa shape index (κ3) is 2.45. The fourth-order valence-electron chi connectivity index (χ4n) is 10.4. The molecule has 1 heterocycles. The van der Waals surface area contributed by atoms with Gasteiger partial charge in [-0.15, -0.1) is 0 Å². The lowest BCUT2D eigenvalue weighted by molar-refractivity contribution is -0.225. The second-order valence-corrected chi connectivity index (χ2v) is 13.5. The third-order valence-corrected chi connectivity index (χ3v) is 12.3. The molecule has 0 aromatic rings. The van der Waals surface area contributed by atoms with E-state index in [0.29, 0.717) is 40.4 Å². The second-order valence-electron chi connectivity index (χ2n) is 13.5. The molecule has 4 saturated carbocycles. The van der Waals surface area contributed by atoms with Crippen LogP contribution in [0.2, 0.25) is 0 Å². The number of hydrogen-bond acceptors (Lipinski definition) is 3. The van der Waals surface area contributed by atoms with E-state index in [1.54, 1.807) is 0 Å². The van der Waals surface area contributed by atoms with Crippen molar-refractivity contribution in [3.05, 3.63) is 0 Å². The van der Waals surface area contributed by atoms with Gasteiger partial charge in [-0.05, 0) is 104 Å². The summed E-state index contributed by atoms with van der Waals surface area (Å²) in [6, 6.07) is 0. The molecule has 1 saturated heterocycles. The number of aliphatic hydroxyl groups is 1. The van der Waals surface area contributed by atoms with Crippen molar-refractivity contribution in [3.63, 3.8) is 0 Å². The number of fused-ring (bicyclic) bond motifs is 5.